The third kappa shape index (κ3) is 5.83. The zero-order valence-corrected chi connectivity index (χ0v) is 17.4. The van der Waals surface area contributed by atoms with Gasteiger partial charge in [-0.2, -0.15) is 0 Å². The number of phosphoric ester groups is 1. The topological polar surface area (TPSA) is 73.9 Å². The molecule has 0 saturated heterocycles. The second kappa shape index (κ2) is 9.53. The summed E-state index contributed by atoms with van der Waals surface area (Å²) in [4.78, 5) is 12.7. The molecule has 0 radical (unpaired) electrons. The van der Waals surface area contributed by atoms with E-state index in [0.717, 1.165) is 0 Å². The van der Waals surface area contributed by atoms with Crippen LogP contribution in [0, 0.1) is 0 Å². The van der Waals surface area contributed by atoms with E-state index in [1.165, 1.54) is 6.07 Å². The molecule has 0 spiro atoms. The zero-order chi connectivity index (χ0) is 19.2. The van der Waals surface area contributed by atoms with Crippen molar-refractivity contribution in [2.24, 2.45) is 0 Å². The van der Waals surface area contributed by atoms with Crippen molar-refractivity contribution in [2.45, 2.75) is 13.8 Å². The van der Waals surface area contributed by atoms with Crippen molar-refractivity contribution in [3.05, 3.63) is 57.5 Å². The molecule has 1 amide bonds. The van der Waals surface area contributed by atoms with Crippen molar-refractivity contribution >= 4 is 46.9 Å². The summed E-state index contributed by atoms with van der Waals surface area (Å²) in [7, 11) is -3.83. The average Bonchev–Trinajstić information content (AvgIpc) is 2.57. The fourth-order valence-electron chi connectivity index (χ4n) is 2.05. The minimum atomic E-state index is -3.83. The smallest absolute Gasteiger partial charge is 0.403 e. The Morgan fingerprint density at radius 3 is 2.46 bits per heavy atom. The molecule has 2 rings (SSSR count). The van der Waals surface area contributed by atoms with E-state index in [4.69, 9.17) is 25.2 Å². The minimum absolute atomic E-state index is 0.0814. The van der Waals surface area contributed by atoms with Crippen molar-refractivity contribution in [3.8, 4) is 5.75 Å². The number of carbonyl (C=O) groups excluding carboxylic acids is 1. The van der Waals surface area contributed by atoms with Gasteiger partial charge in [0, 0.05) is 15.2 Å². The molecule has 140 valence electrons. The normalized spacial score (nSPS) is 11.2. The van der Waals surface area contributed by atoms with E-state index in [1.54, 1.807) is 50.2 Å². The van der Waals surface area contributed by atoms with E-state index in [2.05, 4.69) is 21.2 Å². The average molecular weight is 463 g/mol. The largest absolute Gasteiger partial charge is 0.530 e. The lowest BCUT2D eigenvalue weighted by Crippen LogP contribution is -2.14. The van der Waals surface area contributed by atoms with E-state index < -0.39 is 13.7 Å². The molecule has 0 aromatic heterocycles. The van der Waals surface area contributed by atoms with Crippen LogP contribution >= 0.6 is 35.4 Å². The summed E-state index contributed by atoms with van der Waals surface area (Å²) in [5.74, 6) is -0.374. The summed E-state index contributed by atoms with van der Waals surface area (Å²) in [6, 6.07) is 11.5. The van der Waals surface area contributed by atoms with Crippen LogP contribution < -0.4 is 9.84 Å². The van der Waals surface area contributed by atoms with Gasteiger partial charge in [-0.15, -0.1) is 0 Å². The first-order valence-corrected chi connectivity index (χ1v) is 10.4. The number of hydrogen-bond donors (Lipinski definition) is 1. The highest BCUT2D eigenvalue weighted by atomic mass is 79.9. The highest BCUT2D eigenvalue weighted by Crippen LogP contribution is 2.50. The molecule has 0 saturated carbocycles. The number of benzene rings is 2. The third-order valence-electron chi connectivity index (χ3n) is 3.05. The summed E-state index contributed by atoms with van der Waals surface area (Å²) in [6.07, 6.45) is 0. The van der Waals surface area contributed by atoms with Gasteiger partial charge in [-0.25, -0.2) is 4.57 Å². The Morgan fingerprint density at radius 2 is 1.85 bits per heavy atom. The van der Waals surface area contributed by atoms with Gasteiger partial charge in [0.1, 0.15) is 5.75 Å². The molecule has 6 nitrogen and oxygen atoms in total. The molecule has 2 aromatic carbocycles. The van der Waals surface area contributed by atoms with Crippen LogP contribution in [-0.4, -0.2) is 19.1 Å². The third-order valence-corrected chi connectivity index (χ3v) is 5.35. The van der Waals surface area contributed by atoms with Gasteiger partial charge in [-0.05, 0) is 50.2 Å². The van der Waals surface area contributed by atoms with Crippen LogP contribution in [0.2, 0.25) is 5.02 Å². The number of phosphoric acid groups is 1. The Hall–Kier alpha value is -1.37. The summed E-state index contributed by atoms with van der Waals surface area (Å²) >= 11 is 9.25. The molecule has 0 aliphatic rings. The van der Waals surface area contributed by atoms with Crippen LogP contribution in [0.3, 0.4) is 0 Å². The van der Waals surface area contributed by atoms with E-state index in [1.807, 2.05) is 0 Å². The van der Waals surface area contributed by atoms with Crippen LogP contribution in [0.4, 0.5) is 5.69 Å². The fraction of sp³-hybridized carbons (Fsp3) is 0.235. The summed E-state index contributed by atoms with van der Waals surface area (Å²) in [5, 5.41) is 3.21. The van der Waals surface area contributed by atoms with Crippen molar-refractivity contribution < 1.29 is 22.9 Å². The van der Waals surface area contributed by atoms with E-state index in [0.29, 0.717) is 15.2 Å². The van der Waals surface area contributed by atoms with E-state index in [-0.39, 0.29) is 24.5 Å². The van der Waals surface area contributed by atoms with Gasteiger partial charge in [0.2, 0.25) is 0 Å². The maximum atomic E-state index is 12.7. The van der Waals surface area contributed by atoms with Gasteiger partial charge >= 0.3 is 7.82 Å². The van der Waals surface area contributed by atoms with Crippen LogP contribution in [0.1, 0.15) is 24.2 Å². The predicted molar refractivity (Wildman–Crippen MR) is 105 cm³/mol. The molecular formula is C17H18BrClNO5P. The predicted octanol–water partition coefficient (Wildman–Crippen LogP) is 5.91. The first kappa shape index (κ1) is 20.9. The number of anilines is 1. The molecule has 0 aliphatic carbocycles. The van der Waals surface area contributed by atoms with Crippen molar-refractivity contribution in [1.29, 1.82) is 0 Å². The van der Waals surface area contributed by atoms with Crippen molar-refractivity contribution in [1.82, 2.24) is 0 Å². The monoisotopic (exact) mass is 461 g/mol. The Kier molecular flexibility index (Phi) is 7.68. The lowest BCUT2D eigenvalue weighted by molar-refractivity contribution is 0.102. The first-order valence-electron chi connectivity index (χ1n) is 7.82. The molecule has 0 fully saturated rings. The Balaban J connectivity index is 2.31. The number of nitrogens with one attached hydrogen (secondary N) is 1. The second-order valence-electron chi connectivity index (χ2n) is 4.98. The maximum Gasteiger partial charge on any atom is 0.530 e. The molecule has 0 heterocycles. The summed E-state index contributed by atoms with van der Waals surface area (Å²) < 4.78 is 29.0. The van der Waals surface area contributed by atoms with E-state index in [9.17, 15) is 9.36 Å². The Labute approximate surface area is 165 Å². The van der Waals surface area contributed by atoms with Crippen LogP contribution in [0.5, 0.6) is 5.75 Å². The Morgan fingerprint density at radius 1 is 1.15 bits per heavy atom. The SMILES string of the molecule is CCOP(=O)(OCC)Oc1ccc(Br)cc1C(=O)Nc1cccc(Cl)c1. The summed E-state index contributed by atoms with van der Waals surface area (Å²) in [5.41, 5.74) is 0.685. The summed E-state index contributed by atoms with van der Waals surface area (Å²) in [6.45, 7) is 3.61. The fourth-order valence-corrected chi connectivity index (χ4v) is 3.81. The molecule has 9 heteroatoms. The van der Waals surface area contributed by atoms with Gasteiger partial charge < -0.3 is 9.84 Å². The molecular weight excluding hydrogens is 445 g/mol. The highest BCUT2D eigenvalue weighted by molar-refractivity contribution is 9.10. The number of amides is 1. The molecule has 1 N–H and O–H groups in total. The van der Waals surface area contributed by atoms with E-state index >= 15 is 0 Å². The minimum Gasteiger partial charge on any atom is -0.403 e. The number of carbonyl (C=O) groups is 1. The molecule has 0 atom stereocenters. The van der Waals surface area contributed by atoms with Gasteiger partial charge in [-0.1, -0.05) is 33.6 Å². The van der Waals surface area contributed by atoms with Gasteiger partial charge in [0.05, 0.1) is 18.8 Å². The molecule has 2 aromatic rings. The van der Waals surface area contributed by atoms with Gasteiger partial charge in [0.15, 0.2) is 0 Å². The molecule has 0 unspecified atom stereocenters. The van der Waals surface area contributed by atoms with Gasteiger partial charge in [0.25, 0.3) is 5.91 Å². The number of hydrogen-bond acceptors (Lipinski definition) is 5. The van der Waals surface area contributed by atoms with Crippen LogP contribution in [-0.2, 0) is 13.6 Å². The van der Waals surface area contributed by atoms with Crippen LogP contribution in [0.15, 0.2) is 46.9 Å². The lowest BCUT2D eigenvalue weighted by atomic mass is 10.2. The molecule has 26 heavy (non-hydrogen) atoms. The van der Waals surface area contributed by atoms with Crippen LogP contribution in [0.25, 0.3) is 0 Å². The highest BCUT2D eigenvalue weighted by Gasteiger charge is 2.29. The number of rotatable bonds is 8. The maximum absolute atomic E-state index is 12.7. The van der Waals surface area contributed by atoms with Crippen molar-refractivity contribution in [3.63, 3.8) is 0 Å². The molecule has 0 bridgehead atoms. The van der Waals surface area contributed by atoms with Crippen molar-refractivity contribution in [2.75, 3.05) is 18.5 Å². The number of halogens is 2. The quantitative estimate of drug-likeness (QED) is 0.493. The van der Waals surface area contributed by atoms with Gasteiger partial charge in [-0.3, -0.25) is 13.8 Å². The zero-order valence-electron chi connectivity index (χ0n) is 14.2. The second-order valence-corrected chi connectivity index (χ2v) is 7.92. The first-order chi connectivity index (χ1) is 12.4. The molecule has 0 aliphatic heterocycles. The standard InChI is InChI=1S/C17H18BrClNO5P/c1-3-23-26(22,24-4-2)25-16-9-8-12(18)10-15(16)17(21)20-14-7-5-6-13(19)11-14/h5-11H,3-4H2,1-2H3,(H,20,21). The Bertz CT molecular complexity index is 823. The lowest BCUT2D eigenvalue weighted by Gasteiger charge is -2.19.